The first-order valence-corrected chi connectivity index (χ1v) is 13.6. The van der Waals surface area contributed by atoms with Crippen LogP contribution in [0.15, 0.2) is 76.0 Å². The molecule has 10 heteroatoms. The van der Waals surface area contributed by atoms with Gasteiger partial charge in [0.25, 0.3) is 5.78 Å². The number of anilines is 1. The van der Waals surface area contributed by atoms with E-state index in [1.165, 1.54) is 39.3 Å². The summed E-state index contributed by atoms with van der Waals surface area (Å²) in [6.45, 7) is 1.94. The van der Waals surface area contributed by atoms with E-state index in [0.29, 0.717) is 25.8 Å². The highest BCUT2D eigenvalue weighted by atomic mass is 35.5. The number of carbonyl (C=O) groups is 2. The fraction of sp³-hybridized carbons (Fsp3) is 0.120. The first kappa shape index (κ1) is 23.7. The molecule has 1 saturated heterocycles. The fourth-order valence-electron chi connectivity index (χ4n) is 3.73. The molecule has 4 aromatic rings. The first-order valence-electron chi connectivity index (χ1n) is 10.5. The molecule has 0 spiro atoms. The number of nitrogens with zero attached hydrogens (tertiary/aromatic N) is 3. The molecule has 0 radical (unpaired) electrons. The second-order valence-electron chi connectivity index (χ2n) is 7.78. The second kappa shape index (κ2) is 9.94. The molecule has 1 aliphatic rings. The second-order valence-corrected chi connectivity index (χ2v) is 11.3. The van der Waals surface area contributed by atoms with Gasteiger partial charge in [0.1, 0.15) is 11.8 Å². The molecule has 35 heavy (non-hydrogen) atoms. The minimum atomic E-state index is -0.786. The van der Waals surface area contributed by atoms with Crippen LogP contribution >= 0.6 is 46.0 Å². The van der Waals surface area contributed by atoms with Crippen LogP contribution in [0.3, 0.4) is 0 Å². The summed E-state index contributed by atoms with van der Waals surface area (Å²) in [5.74, 6) is -1.10. The van der Waals surface area contributed by atoms with Gasteiger partial charge in [-0.15, -0.1) is 21.5 Å². The van der Waals surface area contributed by atoms with Crippen LogP contribution in [-0.2, 0) is 15.3 Å². The number of amides is 1. The van der Waals surface area contributed by atoms with Crippen LogP contribution in [0.2, 0.25) is 5.02 Å². The lowest BCUT2D eigenvalue weighted by Crippen LogP contribution is -2.29. The van der Waals surface area contributed by atoms with Crippen molar-refractivity contribution in [3.05, 3.63) is 98.2 Å². The van der Waals surface area contributed by atoms with Gasteiger partial charge in [0.05, 0.1) is 5.57 Å². The summed E-state index contributed by atoms with van der Waals surface area (Å²) in [7, 11) is 0. The summed E-state index contributed by atoms with van der Waals surface area (Å²) in [6, 6.07) is 17.6. The van der Waals surface area contributed by atoms with Crippen molar-refractivity contribution in [1.82, 2.24) is 10.2 Å². The van der Waals surface area contributed by atoms with Crippen molar-refractivity contribution >= 4 is 68.6 Å². The summed E-state index contributed by atoms with van der Waals surface area (Å²) >= 11 is 10.3. The zero-order chi connectivity index (χ0) is 24.5. The Morgan fingerprint density at radius 3 is 2.57 bits per heavy atom. The molecular formula is C25H18ClN3O3S3. The topological polar surface area (TPSA) is 83.4 Å². The number of carbonyl (C=O) groups excluding carboxylic acids is 2. The number of aliphatic hydroxyl groups is 1. The molecule has 1 N–H and O–H groups in total. The highest BCUT2D eigenvalue weighted by Crippen LogP contribution is 2.45. The minimum absolute atomic E-state index is 0.0433. The summed E-state index contributed by atoms with van der Waals surface area (Å²) in [5.41, 5.74) is 2.51. The van der Waals surface area contributed by atoms with E-state index in [9.17, 15) is 14.7 Å². The van der Waals surface area contributed by atoms with Crippen molar-refractivity contribution in [2.24, 2.45) is 0 Å². The number of hydrogen-bond donors (Lipinski definition) is 1. The van der Waals surface area contributed by atoms with Crippen LogP contribution < -0.4 is 4.90 Å². The quantitative estimate of drug-likeness (QED) is 0.0992. The summed E-state index contributed by atoms with van der Waals surface area (Å²) < 4.78 is 0.644. The molecule has 1 amide bonds. The predicted octanol–water partition coefficient (Wildman–Crippen LogP) is 6.48. The summed E-state index contributed by atoms with van der Waals surface area (Å²) in [5, 5.41) is 22.4. The highest BCUT2D eigenvalue weighted by molar-refractivity contribution is 8.00. The zero-order valence-electron chi connectivity index (χ0n) is 18.3. The molecule has 1 unspecified atom stereocenters. The number of thiophene rings is 1. The van der Waals surface area contributed by atoms with Gasteiger partial charge >= 0.3 is 5.91 Å². The number of halogens is 1. The molecule has 3 heterocycles. The summed E-state index contributed by atoms with van der Waals surface area (Å²) in [6.07, 6.45) is 0. The average molecular weight is 540 g/mol. The maximum atomic E-state index is 13.2. The van der Waals surface area contributed by atoms with E-state index in [1.54, 1.807) is 12.1 Å². The largest absolute Gasteiger partial charge is 0.507 e. The van der Waals surface area contributed by atoms with E-state index in [4.69, 9.17) is 11.6 Å². The zero-order valence-corrected chi connectivity index (χ0v) is 21.5. The van der Waals surface area contributed by atoms with Crippen molar-refractivity contribution in [3.8, 4) is 0 Å². The molecule has 2 aromatic carbocycles. The number of hydrogen-bond acceptors (Lipinski definition) is 8. The maximum Gasteiger partial charge on any atom is 0.301 e. The molecule has 0 bridgehead atoms. The molecule has 6 nitrogen and oxygen atoms in total. The number of aromatic nitrogens is 2. The van der Waals surface area contributed by atoms with Gasteiger partial charge < -0.3 is 5.11 Å². The number of Topliss-reactive ketones (excluding diaryl/α,β-unsaturated/α-hetero) is 1. The third-order valence-corrected chi connectivity index (χ3v) is 8.89. The van der Waals surface area contributed by atoms with E-state index in [2.05, 4.69) is 10.2 Å². The van der Waals surface area contributed by atoms with Crippen LogP contribution in [0.4, 0.5) is 5.13 Å². The van der Waals surface area contributed by atoms with Crippen LogP contribution in [0.25, 0.3) is 5.76 Å². The van der Waals surface area contributed by atoms with Gasteiger partial charge in [0.2, 0.25) is 5.13 Å². The van der Waals surface area contributed by atoms with Gasteiger partial charge in [-0.3, -0.25) is 14.5 Å². The van der Waals surface area contributed by atoms with Gasteiger partial charge in [0, 0.05) is 21.2 Å². The van der Waals surface area contributed by atoms with Crippen molar-refractivity contribution in [2.75, 3.05) is 4.90 Å². The number of aryl methyl sites for hydroxylation is 1. The Labute approximate surface area is 218 Å². The molecule has 1 aliphatic heterocycles. The van der Waals surface area contributed by atoms with E-state index < -0.39 is 17.7 Å². The van der Waals surface area contributed by atoms with Crippen molar-refractivity contribution < 1.29 is 14.7 Å². The molecule has 176 valence electrons. The van der Waals surface area contributed by atoms with Crippen molar-refractivity contribution in [3.63, 3.8) is 0 Å². The van der Waals surface area contributed by atoms with Crippen molar-refractivity contribution in [2.45, 2.75) is 23.1 Å². The Morgan fingerprint density at radius 1 is 1.09 bits per heavy atom. The van der Waals surface area contributed by atoms with Crippen LogP contribution in [0.1, 0.15) is 27.6 Å². The average Bonchev–Trinajstić information content (AvgIpc) is 3.60. The molecule has 0 aliphatic carbocycles. The van der Waals surface area contributed by atoms with Crippen molar-refractivity contribution in [1.29, 1.82) is 0 Å². The molecular weight excluding hydrogens is 522 g/mol. The smallest absolute Gasteiger partial charge is 0.301 e. The molecule has 5 rings (SSSR count). The lowest BCUT2D eigenvalue weighted by molar-refractivity contribution is -0.132. The molecule has 2 aromatic heterocycles. The number of benzene rings is 2. The first-order chi connectivity index (χ1) is 16.9. The molecule has 1 atom stereocenters. The molecule has 1 fully saturated rings. The van der Waals surface area contributed by atoms with Gasteiger partial charge in [0.15, 0.2) is 4.34 Å². The highest BCUT2D eigenvalue weighted by Gasteiger charge is 2.48. The third kappa shape index (κ3) is 4.64. The van der Waals surface area contributed by atoms with Crippen LogP contribution in [0.5, 0.6) is 0 Å². The SMILES string of the molecule is Cc1ccc(/C(O)=C2/C(=O)C(=O)N(c3nnc(SCc4ccccc4Cl)s3)C2c2cccs2)cc1. The normalized spacial score (nSPS) is 17.3. The van der Waals surface area contributed by atoms with Gasteiger partial charge in [-0.25, -0.2) is 0 Å². The summed E-state index contributed by atoms with van der Waals surface area (Å²) in [4.78, 5) is 28.4. The minimum Gasteiger partial charge on any atom is -0.507 e. The van der Waals surface area contributed by atoms with Crippen LogP contribution in [0, 0.1) is 6.92 Å². The van der Waals surface area contributed by atoms with Gasteiger partial charge in [-0.2, -0.15) is 0 Å². The monoisotopic (exact) mass is 539 g/mol. The molecule has 0 saturated carbocycles. The van der Waals surface area contributed by atoms with E-state index in [0.717, 1.165) is 16.0 Å². The Morgan fingerprint density at radius 2 is 1.86 bits per heavy atom. The van der Waals surface area contributed by atoms with E-state index >= 15 is 0 Å². The Balaban J connectivity index is 1.51. The van der Waals surface area contributed by atoms with E-state index in [1.807, 2.05) is 60.8 Å². The van der Waals surface area contributed by atoms with Gasteiger partial charge in [-0.05, 0) is 30.0 Å². The van der Waals surface area contributed by atoms with Gasteiger partial charge in [-0.1, -0.05) is 88.8 Å². The Hall–Kier alpha value is -2.98. The number of aliphatic hydroxyl groups excluding tert-OH is 1. The number of thioether (sulfide) groups is 1. The standard InChI is InChI=1S/C25H18ClN3O3S3/c1-14-8-10-15(11-9-14)21(30)19-20(18-7-4-12-33-18)29(23(32)22(19)31)24-27-28-25(35-24)34-13-16-5-2-3-6-17(16)26/h2-12,20,30H,13H2,1H3/b21-19-. The Kier molecular flexibility index (Phi) is 6.75. The Bertz CT molecular complexity index is 1430. The third-order valence-electron chi connectivity index (χ3n) is 5.49. The fourth-order valence-corrected chi connectivity index (χ4v) is 6.70. The number of ketones is 1. The van der Waals surface area contributed by atoms with Crippen LogP contribution in [-0.4, -0.2) is 27.0 Å². The number of rotatable bonds is 6. The maximum absolute atomic E-state index is 13.2. The lowest BCUT2D eigenvalue weighted by Gasteiger charge is -2.20. The van der Waals surface area contributed by atoms with E-state index in [-0.39, 0.29) is 11.3 Å². The predicted molar refractivity (Wildman–Crippen MR) is 141 cm³/mol. The lowest BCUT2D eigenvalue weighted by atomic mass is 9.99.